The van der Waals surface area contributed by atoms with Crippen molar-refractivity contribution in [3.8, 4) is 5.75 Å². The molecule has 1 aliphatic heterocycles. The van der Waals surface area contributed by atoms with E-state index in [0.717, 1.165) is 11.1 Å². The highest BCUT2D eigenvalue weighted by molar-refractivity contribution is 6.01. The van der Waals surface area contributed by atoms with Crippen LogP contribution in [0.3, 0.4) is 0 Å². The van der Waals surface area contributed by atoms with Crippen LogP contribution >= 0.6 is 0 Å². The van der Waals surface area contributed by atoms with Gasteiger partial charge in [0.05, 0.1) is 18.5 Å². The van der Waals surface area contributed by atoms with E-state index in [4.69, 9.17) is 4.74 Å². The van der Waals surface area contributed by atoms with Crippen molar-refractivity contribution >= 4 is 23.6 Å². The third kappa shape index (κ3) is 8.92. The number of fused-ring (bicyclic) bond motifs is 1. The summed E-state index contributed by atoms with van der Waals surface area (Å²) in [4.78, 5) is 55.0. The number of ether oxygens (including phenoxy) is 1. The monoisotopic (exact) mass is 598 g/mol. The zero-order valence-electron chi connectivity index (χ0n) is 25.6. The molecule has 0 saturated heterocycles. The zero-order chi connectivity index (χ0) is 31.5. The van der Waals surface area contributed by atoms with Crippen LogP contribution in [-0.4, -0.2) is 67.4 Å². The fourth-order valence-corrected chi connectivity index (χ4v) is 5.39. The molecule has 0 saturated carbocycles. The average Bonchev–Trinajstić information content (AvgIpc) is 3.02. The zero-order valence-corrected chi connectivity index (χ0v) is 25.6. The normalized spacial score (nSPS) is 18.1. The largest absolute Gasteiger partial charge is 0.491 e. The van der Waals surface area contributed by atoms with Gasteiger partial charge in [0.2, 0.25) is 17.7 Å². The van der Waals surface area contributed by atoms with Gasteiger partial charge < -0.3 is 25.6 Å². The average molecular weight is 599 g/mol. The second kappa shape index (κ2) is 15.7. The van der Waals surface area contributed by atoms with Crippen molar-refractivity contribution in [2.75, 3.05) is 26.7 Å². The molecular weight excluding hydrogens is 556 g/mol. The highest BCUT2D eigenvalue weighted by Gasteiger charge is 2.30. The third-order valence-corrected chi connectivity index (χ3v) is 7.68. The minimum atomic E-state index is -1.17. The molecule has 2 atom stereocenters. The second-order valence-electron chi connectivity index (χ2n) is 11.5. The first kappa shape index (κ1) is 32.3. The highest BCUT2D eigenvalue weighted by atomic mass is 16.5. The molecule has 9 nitrogen and oxygen atoms in total. The van der Waals surface area contributed by atoms with Gasteiger partial charge in [-0.15, -0.1) is 0 Å². The van der Waals surface area contributed by atoms with Gasteiger partial charge in [-0.25, -0.2) is 0 Å². The predicted octanol–water partition coefficient (Wildman–Crippen LogP) is 3.90. The Hall–Kier alpha value is -4.66. The van der Waals surface area contributed by atoms with Gasteiger partial charge in [0.25, 0.3) is 5.91 Å². The van der Waals surface area contributed by atoms with Crippen LogP contribution in [0.1, 0.15) is 60.5 Å². The van der Waals surface area contributed by atoms with Gasteiger partial charge in [0.15, 0.2) is 0 Å². The molecule has 1 heterocycles. The third-order valence-electron chi connectivity index (χ3n) is 7.68. The number of carbonyl (C=O) groups is 4. The standard InChI is InChI=1S/C35H42N4O5/c1-24(2)22-30-35(43)39(3)20-21-44-31-17-11-10-16-28(31)33(41)38-29(23-32(40)37-30)34(42)36-19-18-27(25-12-6-4-7-13-25)26-14-8-5-9-15-26/h4-17,24,27,29-30H,18-23H2,1-3H3,(H,36,42)(H,37,40)(H,38,41)/t29-,30+/m0/s1. The van der Waals surface area contributed by atoms with Crippen molar-refractivity contribution in [1.82, 2.24) is 20.9 Å². The van der Waals surface area contributed by atoms with E-state index in [9.17, 15) is 19.2 Å². The fourth-order valence-electron chi connectivity index (χ4n) is 5.39. The molecule has 0 aromatic heterocycles. The van der Waals surface area contributed by atoms with Gasteiger partial charge in [-0.3, -0.25) is 19.2 Å². The molecule has 0 radical (unpaired) electrons. The second-order valence-corrected chi connectivity index (χ2v) is 11.5. The van der Waals surface area contributed by atoms with Crippen molar-refractivity contribution in [2.24, 2.45) is 5.92 Å². The molecule has 9 heteroatoms. The van der Waals surface area contributed by atoms with Crippen LogP contribution in [0.25, 0.3) is 0 Å². The molecule has 4 rings (SSSR count). The van der Waals surface area contributed by atoms with Crippen molar-refractivity contribution in [2.45, 2.75) is 51.1 Å². The van der Waals surface area contributed by atoms with Crippen LogP contribution in [0.4, 0.5) is 0 Å². The van der Waals surface area contributed by atoms with Gasteiger partial charge in [-0.2, -0.15) is 0 Å². The molecule has 44 heavy (non-hydrogen) atoms. The summed E-state index contributed by atoms with van der Waals surface area (Å²) in [5, 5.41) is 8.50. The first-order chi connectivity index (χ1) is 21.2. The van der Waals surface area contributed by atoms with Gasteiger partial charge in [0, 0.05) is 19.5 Å². The fraction of sp³-hybridized carbons (Fsp3) is 0.371. The number of carbonyl (C=O) groups excluding carboxylic acids is 4. The minimum absolute atomic E-state index is 0.0448. The van der Waals surface area contributed by atoms with Crippen molar-refractivity contribution < 1.29 is 23.9 Å². The number of hydrogen-bond acceptors (Lipinski definition) is 5. The Morgan fingerprint density at radius 2 is 1.52 bits per heavy atom. The van der Waals surface area contributed by atoms with E-state index in [1.54, 1.807) is 31.3 Å². The number of benzene rings is 3. The molecule has 3 N–H and O–H groups in total. The Morgan fingerprint density at radius 1 is 0.909 bits per heavy atom. The lowest BCUT2D eigenvalue weighted by molar-refractivity contribution is -0.136. The van der Waals surface area contributed by atoms with E-state index in [1.807, 2.05) is 50.2 Å². The number of likely N-dealkylation sites (N-methyl/N-ethyl adjacent to an activating group) is 1. The van der Waals surface area contributed by atoms with Crippen molar-refractivity contribution in [1.29, 1.82) is 0 Å². The summed E-state index contributed by atoms with van der Waals surface area (Å²) in [6.45, 7) is 4.69. The van der Waals surface area contributed by atoms with Crippen LogP contribution in [0.5, 0.6) is 5.75 Å². The van der Waals surface area contributed by atoms with E-state index < -0.39 is 29.8 Å². The Labute approximate surface area is 259 Å². The Bertz CT molecular complexity index is 1370. The van der Waals surface area contributed by atoms with Crippen LogP contribution in [0.15, 0.2) is 84.9 Å². The summed E-state index contributed by atoms with van der Waals surface area (Å²) in [6.07, 6.45) is 0.718. The van der Waals surface area contributed by atoms with E-state index in [2.05, 4.69) is 40.2 Å². The lowest BCUT2D eigenvalue weighted by Gasteiger charge is -2.27. The number of rotatable bonds is 8. The summed E-state index contributed by atoms with van der Waals surface area (Å²) in [7, 11) is 1.66. The van der Waals surface area contributed by atoms with E-state index in [1.165, 1.54) is 4.90 Å². The van der Waals surface area contributed by atoms with Crippen LogP contribution in [-0.2, 0) is 14.4 Å². The topological polar surface area (TPSA) is 117 Å². The SMILES string of the molecule is CC(C)C[C@H]1NC(=O)C[C@@H](C(=O)NCCC(c2ccccc2)c2ccccc2)NC(=O)c2ccccc2OCCN(C)C1=O. The number of amides is 4. The molecule has 1 aliphatic rings. The van der Waals surface area contributed by atoms with Gasteiger partial charge in [-0.1, -0.05) is 86.6 Å². The summed E-state index contributed by atoms with van der Waals surface area (Å²) in [6, 6.07) is 24.9. The van der Waals surface area contributed by atoms with Crippen LogP contribution < -0.4 is 20.7 Å². The molecule has 0 fully saturated rings. The maximum atomic E-state index is 13.6. The van der Waals surface area contributed by atoms with Crippen LogP contribution in [0, 0.1) is 5.92 Å². The lowest BCUT2D eigenvalue weighted by atomic mass is 9.88. The van der Waals surface area contributed by atoms with Gasteiger partial charge >= 0.3 is 0 Å². The molecule has 3 aromatic rings. The summed E-state index contributed by atoms with van der Waals surface area (Å²) >= 11 is 0. The first-order valence-corrected chi connectivity index (χ1v) is 15.2. The van der Waals surface area contributed by atoms with E-state index in [0.29, 0.717) is 25.1 Å². The molecule has 0 bridgehead atoms. The molecule has 3 aromatic carbocycles. The van der Waals surface area contributed by atoms with Crippen LogP contribution in [0.2, 0.25) is 0 Å². The molecule has 0 aliphatic carbocycles. The molecule has 232 valence electrons. The summed E-state index contributed by atoms with van der Waals surface area (Å²) in [5.74, 6) is -1.23. The Kier molecular flexibility index (Phi) is 11.5. The van der Waals surface area contributed by atoms with Gasteiger partial charge in [0.1, 0.15) is 24.4 Å². The maximum Gasteiger partial charge on any atom is 0.255 e. The summed E-state index contributed by atoms with van der Waals surface area (Å²) in [5.41, 5.74) is 2.49. The molecular formula is C35H42N4O5. The number of para-hydroxylation sites is 1. The van der Waals surface area contributed by atoms with Gasteiger partial charge in [-0.05, 0) is 42.0 Å². The Morgan fingerprint density at radius 3 is 2.16 bits per heavy atom. The smallest absolute Gasteiger partial charge is 0.255 e. The molecule has 0 spiro atoms. The summed E-state index contributed by atoms with van der Waals surface area (Å²) < 4.78 is 5.89. The highest BCUT2D eigenvalue weighted by Crippen LogP contribution is 2.27. The Balaban J connectivity index is 1.54. The van der Waals surface area contributed by atoms with Crippen molar-refractivity contribution in [3.05, 3.63) is 102 Å². The number of hydrogen-bond donors (Lipinski definition) is 3. The molecule has 4 amide bonds. The van der Waals surface area contributed by atoms with E-state index in [-0.39, 0.29) is 42.9 Å². The number of nitrogens with one attached hydrogen (secondary N) is 3. The number of nitrogens with zero attached hydrogens (tertiary/aromatic N) is 1. The minimum Gasteiger partial charge on any atom is -0.491 e. The maximum absolute atomic E-state index is 13.6. The quantitative estimate of drug-likeness (QED) is 0.364. The predicted molar refractivity (Wildman–Crippen MR) is 169 cm³/mol. The lowest BCUT2D eigenvalue weighted by Crippen LogP contribution is -2.53. The van der Waals surface area contributed by atoms with Crippen molar-refractivity contribution in [3.63, 3.8) is 0 Å². The van der Waals surface area contributed by atoms with E-state index >= 15 is 0 Å². The first-order valence-electron chi connectivity index (χ1n) is 15.2. The molecule has 0 unspecified atom stereocenters.